The Hall–Kier alpha value is -1.04. The number of ether oxygens (including phenoxy) is 2. The molecular weight excluding hydrogens is 234 g/mol. The highest BCUT2D eigenvalue weighted by atomic mass is 19.3. The summed E-state index contributed by atoms with van der Waals surface area (Å²) in [5, 5.41) is 0. The predicted octanol–water partition coefficient (Wildman–Crippen LogP) is 1.32. The van der Waals surface area contributed by atoms with E-state index in [-0.39, 0.29) is 12.7 Å². The molecule has 0 amide bonds. The van der Waals surface area contributed by atoms with Crippen molar-refractivity contribution in [1.82, 2.24) is 0 Å². The number of hydrogen-bond donors (Lipinski definition) is 0. The Morgan fingerprint density at radius 1 is 1.41 bits per heavy atom. The first-order valence-corrected chi connectivity index (χ1v) is 5.71. The van der Waals surface area contributed by atoms with E-state index in [4.69, 9.17) is 4.74 Å². The van der Waals surface area contributed by atoms with Gasteiger partial charge in [-0.25, -0.2) is 4.79 Å². The van der Waals surface area contributed by atoms with Gasteiger partial charge in [-0.3, -0.25) is 4.79 Å². The minimum Gasteiger partial charge on any atom is -0.461 e. The average Bonchev–Trinajstić information content (AvgIpc) is 2.89. The highest BCUT2D eigenvalue weighted by molar-refractivity contribution is 6.06. The van der Waals surface area contributed by atoms with Gasteiger partial charge in [0.05, 0.1) is 24.7 Å². The van der Waals surface area contributed by atoms with Crippen LogP contribution in [0.2, 0.25) is 0 Å². The molecule has 2 bridgehead atoms. The quantitative estimate of drug-likeness (QED) is 0.556. The maximum atomic E-state index is 13.5. The molecule has 2 aliphatic heterocycles. The predicted molar refractivity (Wildman–Crippen MR) is 52.6 cm³/mol. The summed E-state index contributed by atoms with van der Waals surface area (Å²) in [4.78, 5) is 22.7. The Morgan fingerprint density at radius 3 is 2.59 bits per heavy atom. The standard InChI is InChI=1S/C11H14F2O4/c1-2-16-10(15)11(12,13)9(14)7-5-6-3-4-8(7)17-6/h6-8H,2-5H2,1H3. The van der Waals surface area contributed by atoms with Gasteiger partial charge in [0.1, 0.15) is 0 Å². The summed E-state index contributed by atoms with van der Waals surface area (Å²) in [5.74, 6) is -8.03. The molecule has 0 aromatic carbocycles. The molecule has 0 spiro atoms. The van der Waals surface area contributed by atoms with Crippen molar-refractivity contribution in [3.05, 3.63) is 0 Å². The van der Waals surface area contributed by atoms with Crippen molar-refractivity contribution in [3.63, 3.8) is 0 Å². The van der Waals surface area contributed by atoms with E-state index in [1.807, 2.05) is 0 Å². The van der Waals surface area contributed by atoms with Crippen molar-refractivity contribution in [3.8, 4) is 0 Å². The molecule has 96 valence electrons. The van der Waals surface area contributed by atoms with Crippen molar-refractivity contribution in [2.75, 3.05) is 6.61 Å². The highest BCUT2D eigenvalue weighted by Gasteiger charge is 2.56. The highest BCUT2D eigenvalue weighted by Crippen LogP contribution is 2.41. The molecule has 0 saturated carbocycles. The largest absolute Gasteiger partial charge is 0.461 e. The minimum atomic E-state index is -4.05. The maximum Gasteiger partial charge on any atom is 0.400 e. The van der Waals surface area contributed by atoms with E-state index in [1.165, 1.54) is 6.92 Å². The number of alkyl halides is 2. The molecule has 0 aromatic heterocycles. The van der Waals surface area contributed by atoms with Crippen LogP contribution in [-0.2, 0) is 19.1 Å². The van der Waals surface area contributed by atoms with Crippen LogP contribution >= 0.6 is 0 Å². The lowest BCUT2D eigenvalue weighted by Gasteiger charge is -2.21. The summed E-state index contributed by atoms with van der Waals surface area (Å²) >= 11 is 0. The number of rotatable bonds is 4. The summed E-state index contributed by atoms with van der Waals surface area (Å²) < 4.78 is 36.5. The second-order valence-corrected chi connectivity index (χ2v) is 4.38. The van der Waals surface area contributed by atoms with Gasteiger partial charge in [-0.05, 0) is 26.2 Å². The van der Waals surface area contributed by atoms with Gasteiger partial charge in [-0.15, -0.1) is 0 Å². The monoisotopic (exact) mass is 248 g/mol. The number of hydrogen-bond acceptors (Lipinski definition) is 4. The number of carbonyl (C=O) groups excluding carboxylic acids is 2. The van der Waals surface area contributed by atoms with Crippen LogP contribution in [0.15, 0.2) is 0 Å². The summed E-state index contributed by atoms with van der Waals surface area (Å²) in [6.07, 6.45) is 1.15. The third-order valence-corrected chi connectivity index (χ3v) is 3.28. The molecule has 2 saturated heterocycles. The molecule has 0 radical (unpaired) electrons. The Labute approximate surface area is 97.3 Å². The zero-order chi connectivity index (χ0) is 12.6. The summed E-state index contributed by atoms with van der Waals surface area (Å²) in [6, 6.07) is 0. The fourth-order valence-electron chi connectivity index (χ4n) is 2.47. The number of ketones is 1. The van der Waals surface area contributed by atoms with Gasteiger partial charge in [-0.2, -0.15) is 8.78 Å². The molecular formula is C11H14F2O4. The summed E-state index contributed by atoms with van der Waals surface area (Å²) in [7, 11) is 0. The van der Waals surface area contributed by atoms with E-state index in [0.29, 0.717) is 12.8 Å². The van der Waals surface area contributed by atoms with Crippen molar-refractivity contribution in [2.24, 2.45) is 5.92 Å². The van der Waals surface area contributed by atoms with Gasteiger partial charge in [0.2, 0.25) is 5.78 Å². The third kappa shape index (κ3) is 2.06. The number of fused-ring (bicyclic) bond motifs is 2. The zero-order valence-electron chi connectivity index (χ0n) is 9.45. The maximum absolute atomic E-state index is 13.5. The molecule has 6 heteroatoms. The van der Waals surface area contributed by atoms with Crippen LogP contribution in [0.25, 0.3) is 0 Å². The number of carbonyl (C=O) groups is 2. The van der Waals surface area contributed by atoms with Crippen LogP contribution in [0.3, 0.4) is 0 Å². The molecule has 0 N–H and O–H groups in total. The van der Waals surface area contributed by atoms with Crippen molar-refractivity contribution >= 4 is 11.8 Å². The zero-order valence-corrected chi connectivity index (χ0v) is 9.45. The molecule has 2 heterocycles. The first-order valence-electron chi connectivity index (χ1n) is 5.71. The second kappa shape index (κ2) is 4.33. The van der Waals surface area contributed by atoms with E-state index in [0.717, 1.165) is 6.42 Å². The van der Waals surface area contributed by atoms with Crippen LogP contribution in [0, 0.1) is 5.92 Å². The molecule has 0 aromatic rings. The summed E-state index contributed by atoms with van der Waals surface area (Å²) in [5.41, 5.74) is 0. The van der Waals surface area contributed by atoms with Crippen LogP contribution in [0.1, 0.15) is 26.2 Å². The third-order valence-electron chi connectivity index (χ3n) is 3.28. The fourth-order valence-corrected chi connectivity index (χ4v) is 2.47. The minimum absolute atomic E-state index is 0.105. The van der Waals surface area contributed by atoms with Crippen LogP contribution in [0.4, 0.5) is 8.78 Å². The first-order chi connectivity index (χ1) is 7.96. The number of halogens is 2. The average molecular weight is 248 g/mol. The lowest BCUT2D eigenvalue weighted by molar-refractivity contribution is -0.178. The Balaban J connectivity index is 2.06. The normalized spacial score (nSPS) is 31.6. The molecule has 2 fully saturated rings. The second-order valence-electron chi connectivity index (χ2n) is 4.38. The van der Waals surface area contributed by atoms with Crippen molar-refractivity contribution < 1.29 is 27.8 Å². The van der Waals surface area contributed by atoms with Gasteiger partial charge >= 0.3 is 11.9 Å². The molecule has 17 heavy (non-hydrogen) atoms. The van der Waals surface area contributed by atoms with Gasteiger partial charge in [0, 0.05) is 0 Å². The van der Waals surface area contributed by atoms with E-state index >= 15 is 0 Å². The van der Waals surface area contributed by atoms with E-state index in [9.17, 15) is 18.4 Å². The van der Waals surface area contributed by atoms with Gasteiger partial charge in [-0.1, -0.05) is 0 Å². The van der Waals surface area contributed by atoms with Crippen LogP contribution in [0.5, 0.6) is 0 Å². The Morgan fingerprint density at radius 2 is 2.12 bits per heavy atom. The topological polar surface area (TPSA) is 52.6 Å². The van der Waals surface area contributed by atoms with Crippen LogP contribution < -0.4 is 0 Å². The Bertz CT molecular complexity index is 342. The van der Waals surface area contributed by atoms with Gasteiger partial charge < -0.3 is 9.47 Å². The molecule has 0 aliphatic carbocycles. The molecule has 4 nitrogen and oxygen atoms in total. The van der Waals surface area contributed by atoms with Crippen molar-refractivity contribution in [1.29, 1.82) is 0 Å². The lowest BCUT2D eigenvalue weighted by Crippen LogP contribution is -2.45. The molecule has 2 aliphatic rings. The fraction of sp³-hybridized carbons (Fsp3) is 0.818. The number of esters is 1. The molecule has 3 atom stereocenters. The van der Waals surface area contributed by atoms with E-state index in [1.54, 1.807) is 0 Å². The molecule has 3 unspecified atom stereocenters. The number of Topliss-reactive ketones (excluding diaryl/α,β-unsaturated/α-hetero) is 1. The lowest BCUT2D eigenvalue weighted by atomic mass is 9.84. The first kappa shape index (κ1) is 12.4. The van der Waals surface area contributed by atoms with Crippen molar-refractivity contribution in [2.45, 2.75) is 44.3 Å². The Kier molecular flexibility index (Phi) is 3.16. The van der Waals surface area contributed by atoms with E-state index in [2.05, 4.69) is 4.74 Å². The van der Waals surface area contributed by atoms with Crippen LogP contribution in [-0.4, -0.2) is 36.5 Å². The SMILES string of the molecule is CCOC(=O)C(F)(F)C(=O)C1CC2CCC1O2. The smallest absolute Gasteiger partial charge is 0.400 e. The van der Waals surface area contributed by atoms with E-state index < -0.39 is 29.7 Å². The van der Waals surface area contributed by atoms with Gasteiger partial charge in [0.25, 0.3) is 0 Å². The van der Waals surface area contributed by atoms with Gasteiger partial charge in [0.15, 0.2) is 0 Å². The summed E-state index contributed by atoms with van der Waals surface area (Å²) in [6.45, 7) is 1.24. The molecule has 2 rings (SSSR count).